The van der Waals surface area contributed by atoms with Gasteiger partial charge in [-0.25, -0.2) is 0 Å². The molecule has 0 fully saturated rings. The van der Waals surface area contributed by atoms with E-state index < -0.39 is 28.9 Å². The van der Waals surface area contributed by atoms with Gasteiger partial charge < -0.3 is 0 Å². The maximum absolute atomic E-state index is 11.7. The Kier molecular flexibility index (Phi) is 4.99. The molecule has 1 aromatic carbocycles. The third kappa shape index (κ3) is 4.35. The fraction of sp³-hybridized carbons (Fsp3) is 0.222. The van der Waals surface area contributed by atoms with Crippen molar-refractivity contribution in [2.75, 3.05) is 6.54 Å². The van der Waals surface area contributed by atoms with Gasteiger partial charge in [-0.05, 0) is 0 Å². The molecule has 1 atom stereocenters. The van der Waals surface area contributed by atoms with Crippen LogP contribution in [0.25, 0.3) is 0 Å². The van der Waals surface area contributed by atoms with Crippen LogP contribution >= 0.6 is 0 Å². The van der Waals surface area contributed by atoms with Gasteiger partial charge in [0.25, 0.3) is 0 Å². The zero-order valence-corrected chi connectivity index (χ0v) is 11.3. The molecule has 0 saturated heterocycles. The van der Waals surface area contributed by atoms with E-state index in [-0.39, 0.29) is 17.9 Å². The molecule has 0 spiro atoms. The number of aliphatic carboxylic acids is 1. The molecule has 0 aliphatic carbocycles. The fourth-order valence-corrected chi connectivity index (χ4v) is 5.60. The molecule has 1 rings (SSSR count). The number of carboxylic acid groups (broad SMARTS) is 1. The Morgan fingerprint density at radius 2 is 1.94 bits per heavy atom. The van der Waals surface area contributed by atoms with Crippen molar-refractivity contribution in [1.82, 2.24) is 4.23 Å². The molecule has 0 bridgehead atoms. The topological polar surface area (TPSA) is 83.5 Å². The van der Waals surface area contributed by atoms with E-state index in [9.17, 15) is 13.2 Å². The van der Waals surface area contributed by atoms with Crippen molar-refractivity contribution in [3.05, 3.63) is 30.3 Å². The van der Waals surface area contributed by atoms with Gasteiger partial charge in [0, 0.05) is 0 Å². The third-order valence-electron chi connectivity index (χ3n) is 1.72. The quantitative estimate of drug-likeness (QED) is 0.561. The van der Waals surface area contributed by atoms with E-state index in [4.69, 9.17) is 5.11 Å². The monoisotopic (exact) mass is 305 g/mol. The number of nitrogens with one attached hydrogen (secondary N) is 1. The van der Waals surface area contributed by atoms with Crippen molar-refractivity contribution >= 4 is 28.9 Å². The van der Waals surface area contributed by atoms with E-state index >= 15 is 0 Å². The van der Waals surface area contributed by atoms with Crippen LogP contribution in [0.3, 0.4) is 0 Å². The minimum absolute atomic E-state index is 0.0617. The van der Waals surface area contributed by atoms with E-state index in [0.717, 1.165) is 0 Å². The van der Waals surface area contributed by atoms with Gasteiger partial charge >= 0.3 is 99.6 Å². The predicted octanol–water partition coefficient (Wildman–Crippen LogP) is -0.209. The van der Waals surface area contributed by atoms with Crippen LogP contribution in [0.4, 0.5) is 0 Å². The van der Waals surface area contributed by atoms with Crippen LogP contribution in [0.1, 0.15) is 6.42 Å². The van der Waals surface area contributed by atoms with Crippen molar-refractivity contribution in [3.63, 3.8) is 0 Å². The molecule has 7 heteroatoms. The fourth-order valence-electron chi connectivity index (χ4n) is 0.974. The standard InChI is InChI=1S/C9H12AsNO4S/c12-9(13)6-7-11-10-16(14,15)8-4-2-1-3-5-8/h1-5,10-11H,6-7H2,(H,12,13). The average molecular weight is 305 g/mol. The van der Waals surface area contributed by atoms with Gasteiger partial charge in [0.2, 0.25) is 0 Å². The van der Waals surface area contributed by atoms with Gasteiger partial charge in [-0.3, -0.25) is 0 Å². The average Bonchev–Trinajstić information content (AvgIpc) is 2.26. The molecule has 1 unspecified atom stereocenters. The van der Waals surface area contributed by atoms with Crippen LogP contribution in [0, 0.1) is 0 Å². The Bertz CT molecular complexity index is 446. The van der Waals surface area contributed by atoms with Crippen LogP contribution in [-0.4, -0.2) is 40.9 Å². The van der Waals surface area contributed by atoms with Crippen molar-refractivity contribution in [3.8, 4) is 0 Å². The summed E-state index contributed by atoms with van der Waals surface area (Å²) in [6.07, 6.45) is -0.0617. The SMILES string of the molecule is O=C(O)CCN[AsH]S(=O)(=O)c1ccccc1. The molecule has 0 radical (unpaired) electrons. The van der Waals surface area contributed by atoms with Crippen molar-refractivity contribution in [1.29, 1.82) is 0 Å². The van der Waals surface area contributed by atoms with E-state index in [1.54, 1.807) is 18.2 Å². The number of carbonyl (C=O) groups is 1. The number of rotatable bonds is 6. The number of hydrogen-bond donors (Lipinski definition) is 2. The summed E-state index contributed by atoms with van der Waals surface area (Å²) in [5.41, 5.74) is 0. The molecule has 0 saturated carbocycles. The minimum atomic E-state index is -3.24. The van der Waals surface area contributed by atoms with Crippen LogP contribution in [-0.2, 0) is 12.9 Å². The molecule has 0 aliphatic heterocycles. The summed E-state index contributed by atoms with van der Waals surface area (Å²) in [4.78, 5) is 10.5. The summed E-state index contributed by atoms with van der Waals surface area (Å²) in [5, 5.41) is 8.38. The van der Waals surface area contributed by atoms with Crippen molar-refractivity contribution in [2.45, 2.75) is 11.3 Å². The molecule has 2 N–H and O–H groups in total. The zero-order chi connectivity index (χ0) is 12.0. The summed E-state index contributed by atoms with van der Waals surface area (Å²) < 4.78 is 26.2. The van der Waals surface area contributed by atoms with E-state index in [2.05, 4.69) is 4.23 Å². The van der Waals surface area contributed by atoms with Gasteiger partial charge in [-0.15, -0.1) is 0 Å². The van der Waals surface area contributed by atoms with Crippen LogP contribution in [0.5, 0.6) is 0 Å². The Morgan fingerprint density at radius 3 is 2.50 bits per heavy atom. The van der Waals surface area contributed by atoms with Gasteiger partial charge in [-0.1, -0.05) is 0 Å². The Balaban J connectivity index is 2.51. The second-order valence-corrected chi connectivity index (χ2v) is 10.1. The second kappa shape index (κ2) is 6.03. The van der Waals surface area contributed by atoms with E-state index in [0.29, 0.717) is 0 Å². The first kappa shape index (κ1) is 13.2. The number of benzene rings is 1. The molecule has 16 heavy (non-hydrogen) atoms. The molecule has 0 aliphatic rings. The normalized spacial score (nSPS) is 12.0. The molecule has 0 heterocycles. The Morgan fingerprint density at radius 1 is 1.31 bits per heavy atom. The summed E-state index contributed by atoms with van der Waals surface area (Å²) in [5.74, 6) is -0.934. The second-order valence-electron chi connectivity index (χ2n) is 2.99. The number of carboxylic acids is 1. The first-order valence-electron chi connectivity index (χ1n) is 4.54. The van der Waals surface area contributed by atoms with Crippen LogP contribution in [0.2, 0.25) is 0 Å². The summed E-state index contributed by atoms with van der Waals surface area (Å²) in [7, 11) is -3.24. The van der Waals surface area contributed by atoms with Crippen molar-refractivity contribution < 1.29 is 18.3 Å². The maximum atomic E-state index is 11.7. The van der Waals surface area contributed by atoms with Crippen molar-refractivity contribution in [2.24, 2.45) is 0 Å². The molecular formula is C9H12AsNO4S. The Labute approximate surface area is 99.7 Å². The van der Waals surface area contributed by atoms with E-state index in [1.165, 1.54) is 12.1 Å². The van der Waals surface area contributed by atoms with Gasteiger partial charge in [-0.2, -0.15) is 0 Å². The first-order valence-corrected chi connectivity index (χ1v) is 9.64. The summed E-state index contributed by atoms with van der Waals surface area (Å²) >= 11 is -1.41. The molecule has 1 aromatic rings. The summed E-state index contributed by atoms with van der Waals surface area (Å²) in [6.45, 7) is 0.196. The molecular weight excluding hydrogens is 293 g/mol. The predicted molar refractivity (Wildman–Crippen MR) is 61.0 cm³/mol. The first-order chi connectivity index (χ1) is 7.52. The molecule has 5 nitrogen and oxygen atoms in total. The molecule has 0 amide bonds. The third-order valence-corrected chi connectivity index (χ3v) is 7.64. The van der Waals surface area contributed by atoms with Crippen LogP contribution in [0.15, 0.2) is 35.2 Å². The Hall–Kier alpha value is -0.842. The number of hydrogen-bond acceptors (Lipinski definition) is 4. The van der Waals surface area contributed by atoms with Gasteiger partial charge in [0.05, 0.1) is 0 Å². The molecule has 0 aromatic heterocycles. The van der Waals surface area contributed by atoms with Gasteiger partial charge in [0.1, 0.15) is 0 Å². The van der Waals surface area contributed by atoms with Gasteiger partial charge in [0.15, 0.2) is 0 Å². The zero-order valence-electron chi connectivity index (χ0n) is 8.38. The molecule has 88 valence electrons. The van der Waals surface area contributed by atoms with E-state index in [1.807, 2.05) is 0 Å². The summed E-state index contributed by atoms with van der Waals surface area (Å²) in [6, 6.07) is 8.15. The van der Waals surface area contributed by atoms with Crippen LogP contribution < -0.4 is 4.23 Å².